The molecule has 2 aliphatic rings. The molecule has 2 aromatic carbocycles. The summed E-state index contributed by atoms with van der Waals surface area (Å²) in [7, 11) is 2.08. The highest BCUT2D eigenvalue weighted by atomic mass is 19.4. The summed E-state index contributed by atoms with van der Waals surface area (Å²) in [4.78, 5) is 17.4. The molecule has 2 aliphatic heterocycles. The molecule has 0 aliphatic carbocycles. The van der Waals surface area contributed by atoms with Gasteiger partial charge in [0.2, 0.25) is 0 Å². The second-order valence-electron chi connectivity index (χ2n) is 7.53. The molecule has 2 aromatic rings. The first kappa shape index (κ1) is 18.8. The number of nitrogens with zero attached hydrogens (tertiary/aromatic N) is 2. The minimum Gasteiger partial charge on any atom is -0.406 e. The molecule has 0 aromatic heterocycles. The Morgan fingerprint density at radius 1 is 1.14 bits per heavy atom. The Morgan fingerprint density at radius 3 is 2.54 bits per heavy atom. The first-order valence-electron chi connectivity index (χ1n) is 9.21. The van der Waals surface area contributed by atoms with Gasteiger partial charge in [0.15, 0.2) is 0 Å². The number of hydrogen-bond acceptors (Lipinski definition) is 3. The number of likely N-dealkylation sites (tertiary alicyclic amines) is 1. The summed E-state index contributed by atoms with van der Waals surface area (Å²) in [5.41, 5.74) is 3.56. The Balaban J connectivity index is 1.65. The number of carbonyl (C=O) groups excluding carboxylic acids is 1. The number of alkyl halides is 3. The molecule has 1 fully saturated rings. The Bertz CT molecular complexity index is 896. The molecule has 0 radical (unpaired) electrons. The van der Waals surface area contributed by atoms with E-state index in [-0.39, 0.29) is 23.6 Å². The lowest BCUT2D eigenvalue weighted by Gasteiger charge is -2.36. The average molecular weight is 390 g/mol. The molecule has 0 N–H and O–H groups in total. The molecule has 4 rings (SSSR count). The summed E-state index contributed by atoms with van der Waals surface area (Å²) in [5.74, 6) is -0.287. The van der Waals surface area contributed by atoms with E-state index in [2.05, 4.69) is 22.8 Å². The molecule has 28 heavy (non-hydrogen) atoms. The van der Waals surface area contributed by atoms with Crippen molar-refractivity contribution in [2.75, 3.05) is 25.0 Å². The summed E-state index contributed by atoms with van der Waals surface area (Å²) in [6.45, 7) is 3.81. The van der Waals surface area contributed by atoms with Gasteiger partial charge < -0.3 is 14.5 Å². The minimum atomic E-state index is -4.75. The van der Waals surface area contributed by atoms with Crippen LogP contribution in [0.1, 0.15) is 33.8 Å². The van der Waals surface area contributed by atoms with Gasteiger partial charge in [-0.25, -0.2) is 0 Å². The number of fused-ring (bicyclic) bond motifs is 3. The SMILES string of the molecule is Cc1ccc2c(c1)[C@@H]1CN(C)CC[C@@H]1N2C(=O)c1ccc(OC(F)(F)F)cc1. The number of anilines is 1. The normalized spacial score (nSPS) is 22.0. The van der Waals surface area contributed by atoms with E-state index < -0.39 is 6.36 Å². The molecule has 0 bridgehead atoms. The molecule has 2 heterocycles. The monoisotopic (exact) mass is 390 g/mol. The molecular weight excluding hydrogens is 369 g/mol. The summed E-state index contributed by atoms with van der Waals surface area (Å²) in [6, 6.07) is 11.3. The highest BCUT2D eigenvalue weighted by Crippen LogP contribution is 2.45. The van der Waals surface area contributed by atoms with Gasteiger partial charge in [-0.05, 0) is 62.8 Å². The third-order valence-corrected chi connectivity index (χ3v) is 5.51. The van der Waals surface area contributed by atoms with Crippen LogP contribution in [0.15, 0.2) is 42.5 Å². The lowest BCUT2D eigenvalue weighted by Crippen LogP contribution is -2.47. The average Bonchev–Trinajstić information content (AvgIpc) is 2.93. The second kappa shape index (κ2) is 6.81. The van der Waals surface area contributed by atoms with E-state index in [1.54, 1.807) is 0 Å². The fourth-order valence-corrected chi connectivity index (χ4v) is 4.28. The van der Waals surface area contributed by atoms with Gasteiger partial charge in [0.05, 0.1) is 0 Å². The van der Waals surface area contributed by atoms with Gasteiger partial charge in [0.25, 0.3) is 5.91 Å². The number of amides is 1. The number of halogens is 3. The summed E-state index contributed by atoms with van der Waals surface area (Å²) in [5, 5.41) is 0. The van der Waals surface area contributed by atoms with Crippen molar-refractivity contribution in [3.05, 3.63) is 59.2 Å². The fraction of sp³-hybridized carbons (Fsp3) is 0.381. The van der Waals surface area contributed by atoms with Crippen LogP contribution in [-0.2, 0) is 0 Å². The fourth-order valence-electron chi connectivity index (χ4n) is 4.28. The van der Waals surface area contributed by atoms with Crippen LogP contribution >= 0.6 is 0 Å². The third-order valence-electron chi connectivity index (χ3n) is 5.51. The standard InChI is InChI=1S/C21H21F3N2O2/c1-13-3-8-18-16(11-13)17-12-25(2)10-9-19(17)26(18)20(27)14-4-6-15(7-5-14)28-21(22,23)24/h3-8,11,17,19H,9-10,12H2,1-2H3/t17-,19-/m0/s1. The summed E-state index contributed by atoms with van der Waals surface area (Å²) >= 11 is 0. The van der Waals surface area contributed by atoms with Gasteiger partial charge in [0.1, 0.15) is 5.75 Å². The van der Waals surface area contributed by atoms with Crippen molar-refractivity contribution in [1.29, 1.82) is 0 Å². The summed E-state index contributed by atoms with van der Waals surface area (Å²) < 4.78 is 41.0. The van der Waals surface area contributed by atoms with Gasteiger partial charge in [-0.3, -0.25) is 4.79 Å². The number of carbonyl (C=O) groups is 1. The third kappa shape index (κ3) is 3.46. The Morgan fingerprint density at radius 2 is 1.86 bits per heavy atom. The van der Waals surface area contributed by atoms with Gasteiger partial charge in [-0.15, -0.1) is 13.2 Å². The number of aryl methyl sites for hydroxylation is 1. The Kier molecular flexibility index (Phi) is 4.57. The number of benzene rings is 2. The number of hydrogen-bond donors (Lipinski definition) is 0. The number of rotatable bonds is 2. The van der Waals surface area contributed by atoms with Crippen LogP contribution in [0.25, 0.3) is 0 Å². The minimum absolute atomic E-state index is 0.0617. The van der Waals surface area contributed by atoms with E-state index in [0.29, 0.717) is 5.56 Å². The molecule has 0 unspecified atom stereocenters. The van der Waals surface area contributed by atoms with E-state index in [9.17, 15) is 18.0 Å². The van der Waals surface area contributed by atoms with Crippen molar-refractivity contribution in [2.24, 2.45) is 0 Å². The Labute approximate surface area is 161 Å². The van der Waals surface area contributed by atoms with Gasteiger partial charge in [0, 0.05) is 29.8 Å². The van der Waals surface area contributed by atoms with Gasteiger partial charge >= 0.3 is 6.36 Å². The molecule has 2 atom stereocenters. The molecule has 0 saturated carbocycles. The highest BCUT2D eigenvalue weighted by molar-refractivity contribution is 6.08. The topological polar surface area (TPSA) is 32.8 Å². The first-order valence-corrected chi connectivity index (χ1v) is 9.21. The van der Waals surface area contributed by atoms with Crippen LogP contribution in [0.4, 0.5) is 18.9 Å². The van der Waals surface area contributed by atoms with Crippen molar-refractivity contribution >= 4 is 11.6 Å². The lowest BCUT2D eigenvalue weighted by atomic mass is 9.88. The van der Waals surface area contributed by atoms with Crippen LogP contribution in [0.5, 0.6) is 5.75 Å². The van der Waals surface area contributed by atoms with E-state index in [0.717, 1.165) is 30.8 Å². The van der Waals surface area contributed by atoms with Crippen LogP contribution in [0.3, 0.4) is 0 Å². The van der Waals surface area contributed by atoms with Crippen LogP contribution in [0.2, 0.25) is 0 Å². The molecular formula is C21H21F3N2O2. The van der Waals surface area contributed by atoms with E-state index in [1.165, 1.54) is 29.8 Å². The number of likely N-dealkylation sites (N-methyl/N-ethyl adjacent to an activating group) is 1. The Hall–Kier alpha value is -2.54. The smallest absolute Gasteiger partial charge is 0.406 e. The second-order valence-corrected chi connectivity index (χ2v) is 7.53. The molecule has 7 heteroatoms. The van der Waals surface area contributed by atoms with Crippen LogP contribution in [-0.4, -0.2) is 43.3 Å². The maximum Gasteiger partial charge on any atom is 0.573 e. The van der Waals surface area contributed by atoms with Crippen molar-refractivity contribution in [3.8, 4) is 5.75 Å². The van der Waals surface area contributed by atoms with Crippen LogP contribution < -0.4 is 9.64 Å². The van der Waals surface area contributed by atoms with E-state index in [1.807, 2.05) is 24.0 Å². The highest BCUT2D eigenvalue weighted by Gasteiger charge is 2.44. The molecule has 1 amide bonds. The van der Waals surface area contributed by atoms with Gasteiger partial charge in [-0.2, -0.15) is 0 Å². The van der Waals surface area contributed by atoms with E-state index in [4.69, 9.17) is 0 Å². The van der Waals surface area contributed by atoms with Crippen molar-refractivity contribution in [2.45, 2.75) is 31.7 Å². The molecule has 148 valence electrons. The van der Waals surface area contributed by atoms with Crippen molar-refractivity contribution in [1.82, 2.24) is 4.90 Å². The first-order chi connectivity index (χ1) is 13.2. The predicted octanol–water partition coefficient (Wildman–Crippen LogP) is 4.34. The van der Waals surface area contributed by atoms with Crippen molar-refractivity contribution < 1.29 is 22.7 Å². The summed E-state index contributed by atoms with van der Waals surface area (Å²) in [6.07, 6.45) is -3.89. The van der Waals surface area contributed by atoms with Gasteiger partial charge in [-0.1, -0.05) is 17.7 Å². The predicted molar refractivity (Wildman–Crippen MR) is 99.8 cm³/mol. The quantitative estimate of drug-likeness (QED) is 0.765. The van der Waals surface area contributed by atoms with E-state index >= 15 is 0 Å². The molecule has 4 nitrogen and oxygen atoms in total. The molecule has 1 saturated heterocycles. The number of ether oxygens (including phenoxy) is 1. The number of piperidine rings is 1. The maximum absolute atomic E-state index is 13.3. The zero-order chi connectivity index (χ0) is 20.1. The van der Waals surface area contributed by atoms with Crippen LogP contribution in [0, 0.1) is 6.92 Å². The zero-order valence-electron chi connectivity index (χ0n) is 15.7. The maximum atomic E-state index is 13.3. The largest absolute Gasteiger partial charge is 0.573 e. The zero-order valence-corrected chi connectivity index (χ0v) is 15.7. The van der Waals surface area contributed by atoms with Crippen molar-refractivity contribution in [3.63, 3.8) is 0 Å². The molecule has 0 spiro atoms. The lowest BCUT2D eigenvalue weighted by molar-refractivity contribution is -0.274.